The molecule has 0 aliphatic heterocycles. The van der Waals surface area contributed by atoms with Crippen LogP contribution in [-0.2, 0) is 22.4 Å². The van der Waals surface area contributed by atoms with E-state index in [9.17, 15) is 4.79 Å². The van der Waals surface area contributed by atoms with Gasteiger partial charge < -0.3 is 15.4 Å². The number of aromatic nitrogens is 1. The Kier molecular flexibility index (Phi) is 9.06. The molecule has 1 saturated carbocycles. The first kappa shape index (κ1) is 27.9. The van der Waals surface area contributed by atoms with E-state index in [0.717, 1.165) is 50.7 Å². The minimum absolute atomic E-state index is 0.0616. The smallest absolute Gasteiger partial charge is 0.316 e. The van der Waals surface area contributed by atoms with Crippen molar-refractivity contribution < 1.29 is 9.53 Å². The standard InChI is InChI=1S/C34H47N3O2/c1-4-29-25-20-24(2)22-34(29,33(38)39-3)23-26(21-25)35-18-12-6-5-7-13-19-36-32-27-14-8-10-16-30(27)37-31-17-11-9-15-28(31)32/h4,8,10,14,16,20,25-26,35H,5-7,9,11-13,15,17-19,21-23H2,1-3H3,(H,36,37)/b29-4+. The molecule has 5 rings (SSSR count). The van der Waals surface area contributed by atoms with E-state index < -0.39 is 5.41 Å². The quantitative estimate of drug-likeness (QED) is 0.182. The van der Waals surface area contributed by atoms with E-state index in [0.29, 0.717) is 12.0 Å². The summed E-state index contributed by atoms with van der Waals surface area (Å²) in [7, 11) is 1.53. The molecule has 1 aromatic carbocycles. The molecular weight excluding hydrogens is 482 g/mol. The van der Waals surface area contributed by atoms with Gasteiger partial charge in [-0.2, -0.15) is 0 Å². The van der Waals surface area contributed by atoms with Crippen LogP contribution in [0.15, 0.2) is 47.6 Å². The number of carbonyl (C=O) groups is 1. The van der Waals surface area contributed by atoms with E-state index in [4.69, 9.17) is 9.72 Å². The Morgan fingerprint density at radius 3 is 2.69 bits per heavy atom. The molecule has 1 fully saturated rings. The summed E-state index contributed by atoms with van der Waals surface area (Å²) < 4.78 is 5.32. The molecule has 3 atom stereocenters. The van der Waals surface area contributed by atoms with Crippen LogP contribution in [0.1, 0.15) is 89.3 Å². The van der Waals surface area contributed by atoms with E-state index in [1.165, 1.54) is 85.5 Å². The van der Waals surface area contributed by atoms with Gasteiger partial charge in [0.05, 0.1) is 18.0 Å². The minimum Gasteiger partial charge on any atom is -0.468 e. The number of esters is 1. The van der Waals surface area contributed by atoms with Crippen LogP contribution < -0.4 is 10.6 Å². The molecule has 5 nitrogen and oxygen atoms in total. The molecule has 3 unspecified atom stereocenters. The molecule has 5 heteroatoms. The van der Waals surface area contributed by atoms with Gasteiger partial charge in [-0.1, -0.05) is 55.2 Å². The number of nitrogens with zero attached hydrogens (tertiary/aromatic N) is 1. The second-order valence-corrected chi connectivity index (χ2v) is 12.0. The van der Waals surface area contributed by atoms with E-state index >= 15 is 0 Å². The number of pyridine rings is 1. The monoisotopic (exact) mass is 529 g/mol. The van der Waals surface area contributed by atoms with Crippen molar-refractivity contribution in [2.45, 2.75) is 96.9 Å². The van der Waals surface area contributed by atoms with E-state index in [1.54, 1.807) is 0 Å². The Hall–Kier alpha value is -2.66. The minimum atomic E-state index is -0.477. The second kappa shape index (κ2) is 12.7. The molecule has 2 bridgehead atoms. The molecule has 0 amide bonds. The number of ether oxygens (including phenoxy) is 1. The number of fused-ring (bicyclic) bond motifs is 4. The maximum absolute atomic E-state index is 13.0. The van der Waals surface area contributed by atoms with Crippen LogP contribution >= 0.6 is 0 Å². The highest BCUT2D eigenvalue weighted by Gasteiger charge is 2.51. The summed E-state index contributed by atoms with van der Waals surface area (Å²) in [4.78, 5) is 17.9. The summed E-state index contributed by atoms with van der Waals surface area (Å²) >= 11 is 0. The Labute approximate surface area is 234 Å². The first-order valence-electron chi connectivity index (χ1n) is 15.4. The lowest BCUT2D eigenvalue weighted by Crippen LogP contribution is -2.50. The third-order valence-corrected chi connectivity index (χ3v) is 9.30. The third kappa shape index (κ3) is 5.94. The van der Waals surface area contributed by atoms with E-state index in [1.807, 2.05) is 0 Å². The molecule has 0 radical (unpaired) electrons. The molecule has 0 spiro atoms. The summed E-state index contributed by atoms with van der Waals surface area (Å²) in [5.74, 6) is 0.290. The molecule has 1 aromatic heterocycles. The number of hydrogen-bond acceptors (Lipinski definition) is 5. The van der Waals surface area contributed by atoms with Gasteiger partial charge in [0.15, 0.2) is 0 Å². The Balaban J connectivity index is 1.04. The summed E-state index contributed by atoms with van der Waals surface area (Å²) in [6.45, 7) is 6.28. The van der Waals surface area contributed by atoms with Crippen LogP contribution in [0.4, 0.5) is 5.69 Å². The number of aryl methyl sites for hydroxylation is 1. The lowest BCUT2D eigenvalue weighted by Gasteiger charge is -2.47. The number of methoxy groups -OCH3 is 1. The lowest BCUT2D eigenvalue weighted by atomic mass is 9.58. The molecule has 210 valence electrons. The number of para-hydroxylation sites is 1. The second-order valence-electron chi connectivity index (χ2n) is 12.0. The molecule has 2 N–H and O–H groups in total. The number of allylic oxidation sites excluding steroid dienone is 3. The molecule has 39 heavy (non-hydrogen) atoms. The van der Waals surface area contributed by atoms with Crippen molar-refractivity contribution in [2.75, 3.05) is 25.5 Å². The first-order valence-corrected chi connectivity index (χ1v) is 15.4. The lowest BCUT2D eigenvalue weighted by molar-refractivity contribution is -0.152. The van der Waals surface area contributed by atoms with Crippen molar-refractivity contribution in [3.63, 3.8) is 0 Å². The number of anilines is 1. The molecular formula is C34H47N3O2. The Morgan fingerprint density at radius 1 is 1.10 bits per heavy atom. The van der Waals surface area contributed by atoms with Gasteiger partial charge in [-0.3, -0.25) is 9.78 Å². The highest BCUT2D eigenvalue weighted by Crippen LogP contribution is 2.52. The Morgan fingerprint density at radius 2 is 1.87 bits per heavy atom. The van der Waals surface area contributed by atoms with Crippen LogP contribution in [0.2, 0.25) is 0 Å². The fraction of sp³-hybridized carbons (Fsp3) is 0.588. The summed E-state index contributed by atoms with van der Waals surface area (Å²) in [6.07, 6.45) is 18.2. The highest BCUT2D eigenvalue weighted by molar-refractivity contribution is 5.93. The fourth-order valence-electron chi connectivity index (χ4n) is 7.61. The van der Waals surface area contributed by atoms with Crippen molar-refractivity contribution in [1.82, 2.24) is 10.3 Å². The van der Waals surface area contributed by atoms with Crippen molar-refractivity contribution in [2.24, 2.45) is 11.3 Å². The van der Waals surface area contributed by atoms with Crippen molar-refractivity contribution in [3.05, 3.63) is 58.8 Å². The van der Waals surface area contributed by atoms with Gasteiger partial charge in [0, 0.05) is 35.3 Å². The first-order chi connectivity index (χ1) is 19.1. The zero-order chi connectivity index (χ0) is 27.2. The number of rotatable bonds is 11. The van der Waals surface area contributed by atoms with Crippen LogP contribution in [-0.4, -0.2) is 37.2 Å². The van der Waals surface area contributed by atoms with Crippen LogP contribution in [0.5, 0.6) is 0 Å². The number of benzene rings is 1. The molecule has 3 aliphatic carbocycles. The van der Waals surface area contributed by atoms with E-state index in [-0.39, 0.29) is 5.97 Å². The average Bonchev–Trinajstić information content (AvgIpc) is 2.94. The van der Waals surface area contributed by atoms with Gasteiger partial charge in [-0.25, -0.2) is 0 Å². The number of unbranched alkanes of at least 4 members (excludes halogenated alkanes) is 4. The largest absolute Gasteiger partial charge is 0.468 e. The van der Waals surface area contributed by atoms with Gasteiger partial charge in [-0.15, -0.1) is 0 Å². The van der Waals surface area contributed by atoms with Gasteiger partial charge >= 0.3 is 5.97 Å². The maximum atomic E-state index is 13.0. The van der Waals surface area contributed by atoms with Crippen molar-refractivity contribution >= 4 is 22.6 Å². The summed E-state index contributed by atoms with van der Waals surface area (Å²) in [5, 5.41) is 8.89. The maximum Gasteiger partial charge on any atom is 0.316 e. The van der Waals surface area contributed by atoms with E-state index in [2.05, 4.69) is 60.9 Å². The van der Waals surface area contributed by atoms with Crippen molar-refractivity contribution in [1.29, 1.82) is 0 Å². The SMILES string of the molecule is C/C=C1\C2C=C(C)CC1(C(=O)OC)CC(NCCCCCCCNc1c3c(nc4ccccc14)CCCC3)C2. The normalized spacial score (nSPS) is 25.3. The van der Waals surface area contributed by atoms with Gasteiger partial charge in [0.25, 0.3) is 0 Å². The van der Waals surface area contributed by atoms with Gasteiger partial charge in [0.2, 0.25) is 0 Å². The predicted molar refractivity (Wildman–Crippen MR) is 161 cm³/mol. The average molecular weight is 530 g/mol. The number of carbonyl (C=O) groups excluding carboxylic acids is 1. The fourth-order valence-corrected chi connectivity index (χ4v) is 7.61. The highest BCUT2D eigenvalue weighted by atomic mass is 16.5. The zero-order valence-corrected chi connectivity index (χ0v) is 24.3. The molecule has 2 aromatic rings. The summed E-state index contributed by atoms with van der Waals surface area (Å²) in [6, 6.07) is 8.96. The van der Waals surface area contributed by atoms with Gasteiger partial charge in [0.1, 0.15) is 0 Å². The molecule has 3 aliphatic rings. The van der Waals surface area contributed by atoms with Crippen LogP contribution in [0.3, 0.4) is 0 Å². The predicted octanol–water partition coefficient (Wildman–Crippen LogP) is 7.30. The topological polar surface area (TPSA) is 63.2 Å². The Bertz CT molecular complexity index is 1230. The van der Waals surface area contributed by atoms with Crippen LogP contribution in [0, 0.1) is 11.3 Å². The zero-order valence-electron chi connectivity index (χ0n) is 24.3. The van der Waals surface area contributed by atoms with Crippen LogP contribution in [0.25, 0.3) is 10.9 Å². The van der Waals surface area contributed by atoms with Crippen molar-refractivity contribution in [3.8, 4) is 0 Å². The summed E-state index contributed by atoms with van der Waals surface area (Å²) in [5.41, 5.74) is 7.34. The van der Waals surface area contributed by atoms with Gasteiger partial charge in [-0.05, 0) is 95.4 Å². The third-order valence-electron chi connectivity index (χ3n) is 9.30. The molecule has 0 saturated heterocycles. The number of hydrogen-bond donors (Lipinski definition) is 2. The molecule has 1 heterocycles. The number of nitrogens with one attached hydrogen (secondary N) is 2.